The lowest BCUT2D eigenvalue weighted by Gasteiger charge is -2.42. The average Bonchev–Trinajstić information content (AvgIpc) is 2.74. The van der Waals surface area contributed by atoms with E-state index in [2.05, 4.69) is 36.9 Å². The van der Waals surface area contributed by atoms with Gasteiger partial charge in [0.25, 0.3) is 0 Å². The van der Waals surface area contributed by atoms with Crippen molar-refractivity contribution in [2.45, 2.75) is 33.2 Å². The van der Waals surface area contributed by atoms with Gasteiger partial charge in [0, 0.05) is 38.4 Å². The molecule has 0 N–H and O–H groups in total. The van der Waals surface area contributed by atoms with Gasteiger partial charge in [-0.3, -0.25) is 9.59 Å². The van der Waals surface area contributed by atoms with Crippen LogP contribution in [0, 0.1) is 13.8 Å². The molecule has 1 fully saturated rings. The van der Waals surface area contributed by atoms with Crippen molar-refractivity contribution in [2.24, 2.45) is 0 Å². The maximum absolute atomic E-state index is 13.5. The number of fused-ring (bicyclic) bond motifs is 1. The van der Waals surface area contributed by atoms with Gasteiger partial charge in [-0.15, -0.1) is 0 Å². The molecule has 1 saturated heterocycles. The number of carbonyl (C=O) groups excluding carboxylic acids is 2. The van der Waals surface area contributed by atoms with Crippen LogP contribution < -0.4 is 4.90 Å². The smallest absolute Gasteiger partial charge is 0.250 e. The topological polar surface area (TPSA) is 43.9 Å². The molecular formula is C24H29N3O2. The fourth-order valence-corrected chi connectivity index (χ4v) is 4.58. The maximum atomic E-state index is 13.5. The van der Waals surface area contributed by atoms with E-state index in [1.165, 1.54) is 16.8 Å². The van der Waals surface area contributed by atoms with Gasteiger partial charge in [-0.1, -0.05) is 36.4 Å². The van der Waals surface area contributed by atoms with Crippen molar-refractivity contribution in [1.82, 2.24) is 9.80 Å². The summed E-state index contributed by atoms with van der Waals surface area (Å²) in [6, 6.07) is 13.8. The van der Waals surface area contributed by atoms with Crippen LogP contribution in [0.5, 0.6) is 0 Å². The lowest BCUT2D eigenvalue weighted by molar-refractivity contribution is -0.147. The molecular weight excluding hydrogens is 362 g/mol. The van der Waals surface area contributed by atoms with Crippen LogP contribution in [0.2, 0.25) is 0 Å². The van der Waals surface area contributed by atoms with Crippen LogP contribution in [0.1, 0.15) is 35.2 Å². The van der Waals surface area contributed by atoms with Gasteiger partial charge in [0.2, 0.25) is 11.8 Å². The first-order valence-corrected chi connectivity index (χ1v) is 10.5. The molecule has 0 radical (unpaired) electrons. The minimum atomic E-state index is -0.496. The number of carbonyl (C=O) groups is 2. The van der Waals surface area contributed by atoms with Gasteiger partial charge in [0.05, 0.1) is 6.42 Å². The predicted molar refractivity (Wildman–Crippen MR) is 115 cm³/mol. The van der Waals surface area contributed by atoms with E-state index in [9.17, 15) is 9.59 Å². The molecule has 0 spiro atoms. The van der Waals surface area contributed by atoms with Crippen LogP contribution in [0.4, 0.5) is 5.69 Å². The number of rotatable bonds is 3. The van der Waals surface area contributed by atoms with Crippen LogP contribution in [-0.4, -0.2) is 54.3 Å². The van der Waals surface area contributed by atoms with E-state index in [1.807, 2.05) is 36.1 Å². The molecule has 5 nitrogen and oxygen atoms in total. The first kappa shape index (κ1) is 19.5. The third-order valence-electron chi connectivity index (χ3n) is 6.41. The Balaban J connectivity index is 1.53. The number of aryl methyl sites for hydroxylation is 1. The first-order valence-electron chi connectivity index (χ1n) is 10.5. The van der Waals surface area contributed by atoms with Gasteiger partial charge in [-0.25, -0.2) is 0 Å². The summed E-state index contributed by atoms with van der Waals surface area (Å²) in [5, 5.41) is 0. The summed E-state index contributed by atoms with van der Waals surface area (Å²) in [5.41, 5.74) is 5.81. The summed E-state index contributed by atoms with van der Waals surface area (Å²) in [5.74, 6) is 0.0894. The van der Waals surface area contributed by atoms with Crippen molar-refractivity contribution in [2.75, 3.05) is 37.6 Å². The van der Waals surface area contributed by atoms with E-state index in [0.717, 1.165) is 24.2 Å². The van der Waals surface area contributed by atoms with Crippen molar-refractivity contribution >= 4 is 17.5 Å². The summed E-state index contributed by atoms with van der Waals surface area (Å²) < 4.78 is 0. The molecule has 2 aliphatic heterocycles. The van der Waals surface area contributed by atoms with Crippen molar-refractivity contribution in [3.05, 3.63) is 64.7 Å². The minimum absolute atomic E-state index is 0.0403. The molecule has 2 heterocycles. The molecule has 4 rings (SSSR count). The monoisotopic (exact) mass is 391 g/mol. The fraction of sp³-hybridized carbons (Fsp3) is 0.417. The van der Waals surface area contributed by atoms with Gasteiger partial charge >= 0.3 is 0 Å². The normalized spacial score (nSPS) is 19.3. The lowest BCUT2D eigenvalue weighted by atomic mass is 9.91. The van der Waals surface area contributed by atoms with Crippen molar-refractivity contribution in [3.8, 4) is 0 Å². The Hall–Kier alpha value is -2.82. The van der Waals surface area contributed by atoms with Crippen LogP contribution in [0.25, 0.3) is 0 Å². The number of anilines is 1. The molecule has 0 aliphatic carbocycles. The fourth-order valence-electron chi connectivity index (χ4n) is 4.58. The summed E-state index contributed by atoms with van der Waals surface area (Å²) >= 11 is 0. The molecule has 2 aliphatic rings. The molecule has 152 valence electrons. The highest BCUT2D eigenvalue weighted by Crippen LogP contribution is 2.32. The van der Waals surface area contributed by atoms with E-state index in [1.54, 1.807) is 4.90 Å². The molecule has 2 amide bonds. The SMILES string of the molecule is CCN1C(=O)Cc2ccccc2[C@@H]1C(=O)N1CCN(c2cccc(C)c2C)CC1. The zero-order valence-corrected chi connectivity index (χ0v) is 17.5. The van der Waals surface area contributed by atoms with Gasteiger partial charge in [-0.2, -0.15) is 0 Å². The molecule has 1 atom stereocenters. The van der Waals surface area contributed by atoms with Crippen molar-refractivity contribution < 1.29 is 9.59 Å². The molecule has 5 heteroatoms. The van der Waals surface area contributed by atoms with Crippen molar-refractivity contribution in [3.63, 3.8) is 0 Å². The summed E-state index contributed by atoms with van der Waals surface area (Å²) in [7, 11) is 0. The first-order chi connectivity index (χ1) is 14.0. The Morgan fingerprint density at radius 1 is 1.00 bits per heavy atom. The quantitative estimate of drug-likeness (QED) is 0.808. The van der Waals surface area contributed by atoms with Crippen LogP contribution in [-0.2, 0) is 16.0 Å². The van der Waals surface area contributed by atoms with E-state index in [4.69, 9.17) is 0 Å². The van der Waals surface area contributed by atoms with Gasteiger partial charge < -0.3 is 14.7 Å². The Labute approximate surface area is 172 Å². The second-order valence-corrected chi connectivity index (χ2v) is 7.99. The van der Waals surface area contributed by atoms with Crippen molar-refractivity contribution in [1.29, 1.82) is 0 Å². The highest BCUT2D eigenvalue weighted by Gasteiger charge is 2.39. The Bertz CT molecular complexity index is 931. The second-order valence-electron chi connectivity index (χ2n) is 7.99. The average molecular weight is 392 g/mol. The molecule has 0 aromatic heterocycles. The molecule has 0 unspecified atom stereocenters. The summed E-state index contributed by atoms with van der Waals surface area (Å²) in [6.07, 6.45) is 0.383. The highest BCUT2D eigenvalue weighted by molar-refractivity contribution is 5.92. The van der Waals surface area contributed by atoms with E-state index >= 15 is 0 Å². The zero-order chi connectivity index (χ0) is 20.5. The number of amides is 2. The molecule has 29 heavy (non-hydrogen) atoms. The predicted octanol–water partition coefficient (Wildman–Crippen LogP) is 3.10. The standard InChI is InChI=1S/C24H29N3O2/c1-4-27-22(28)16-19-9-5-6-10-20(19)23(27)24(29)26-14-12-25(13-15-26)21-11-7-8-17(2)18(21)3/h5-11,23H,4,12-16H2,1-3H3/t23-/m1/s1. The number of piperazine rings is 1. The number of nitrogens with zero attached hydrogens (tertiary/aromatic N) is 3. The zero-order valence-electron chi connectivity index (χ0n) is 17.5. The Morgan fingerprint density at radius 3 is 2.45 bits per heavy atom. The Morgan fingerprint density at radius 2 is 1.72 bits per heavy atom. The van der Waals surface area contributed by atoms with Gasteiger partial charge in [0.15, 0.2) is 0 Å². The number of hydrogen-bond donors (Lipinski definition) is 0. The molecule has 0 bridgehead atoms. The summed E-state index contributed by atoms with van der Waals surface area (Å²) in [6.45, 7) is 9.76. The van der Waals surface area contributed by atoms with Gasteiger partial charge in [0.1, 0.15) is 6.04 Å². The third kappa shape index (κ3) is 3.50. The largest absolute Gasteiger partial charge is 0.368 e. The maximum Gasteiger partial charge on any atom is 0.250 e. The van der Waals surface area contributed by atoms with E-state index in [-0.39, 0.29) is 11.8 Å². The van der Waals surface area contributed by atoms with Crippen LogP contribution >= 0.6 is 0 Å². The molecule has 2 aromatic carbocycles. The highest BCUT2D eigenvalue weighted by atomic mass is 16.2. The van der Waals surface area contributed by atoms with Crippen LogP contribution in [0.3, 0.4) is 0 Å². The van der Waals surface area contributed by atoms with Gasteiger partial charge in [-0.05, 0) is 49.1 Å². The number of hydrogen-bond acceptors (Lipinski definition) is 3. The minimum Gasteiger partial charge on any atom is -0.368 e. The van der Waals surface area contributed by atoms with E-state index < -0.39 is 6.04 Å². The Kier molecular flexibility index (Phi) is 5.31. The lowest BCUT2D eigenvalue weighted by Crippen LogP contribution is -2.54. The number of likely N-dealkylation sites (N-methyl/N-ethyl adjacent to an activating group) is 1. The third-order valence-corrected chi connectivity index (χ3v) is 6.41. The molecule has 2 aromatic rings. The van der Waals surface area contributed by atoms with Crippen LogP contribution in [0.15, 0.2) is 42.5 Å². The number of benzene rings is 2. The second kappa shape index (κ2) is 7.90. The van der Waals surface area contributed by atoms with E-state index in [0.29, 0.717) is 26.1 Å². The molecule has 0 saturated carbocycles. The summed E-state index contributed by atoms with van der Waals surface area (Å²) in [4.78, 5) is 32.2.